The molecule has 0 aliphatic rings. The first-order chi connectivity index (χ1) is 13.0. The van der Waals surface area contributed by atoms with Gasteiger partial charge in [-0.05, 0) is 66.9 Å². The number of nitrogens with one attached hydrogen (secondary N) is 1. The van der Waals surface area contributed by atoms with Crippen LogP contribution in [0.25, 0.3) is 6.08 Å². The van der Waals surface area contributed by atoms with E-state index in [2.05, 4.69) is 20.1 Å². The van der Waals surface area contributed by atoms with Gasteiger partial charge in [0.15, 0.2) is 0 Å². The van der Waals surface area contributed by atoms with Crippen LogP contribution < -0.4 is 0 Å². The highest BCUT2D eigenvalue weighted by Gasteiger charge is 2.16. The van der Waals surface area contributed by atoms with Crippen molar-refractivity contribution in [3.63, 3.8) is 0 Å². The topological polar surface area (TPSA) is 23.9 Å². The molecule has 0 heterocycles. The van der Waals surface area contributed by atoms with Crippen LogP contribution in [0.3, 0.4) is 0 Å². The Morgan fingerprint density at radius 1 is 1.19 bits per heavy atom. The van der Waals surface area contributed by atoms with Gasteiger partial charge in [0.1, 0.15) is 5.82 Å². The van der Waals surface area contributed by atoms with Crippen LogP contribution >= 0.6 is 0 Å². The molecule has 0 radical (unpaired) electrons. The van der Waals surface area contributed by atoms with Crippen molar-refractivity contribution in [2.24, 2.45) is 0 Å². The van der Waals surface area contributed by atoms with Gasteiger partial charge in [-0.2, -0.15) is 0 Å². The maximum atomic E-state index is 14.5. The summed E-state index contributed by atoms with van der Waals surface area (Å²) in [4.78, 5) is 0. The predicted molar refractivity (Wildman–Crippen MR) is 115 cm³/mol. The summed E-state index contributed by atoms with van der Waals surface area (Å²) in [7, 11) is 0. The number of halogens is 1. The van der Waals surface area contributed by atoms with E-state index < -0.39 is 0 Å². The van der Waals surface area contributed by atoms with Gasteiger partial charge in [0.25, 0.3) is 0 Å². The molecule has 0 saturated carbocycles. The molecule has 0 saturated heterocycles. The van der Waals surface area contributed by atoms with Crippen LogP contribution in [0.15, 0.2) is 61.2 Å². The molecule has 2 rings (SSSR count). The molecule has 2 heteroatoms. The molecule has 1 nitrogen and oxygen atoms in total. The van der Waals surface area contributed by atoms with E-state index in [1.54, 1.807) is 12.1 Å². The molecule has 0 aliphatic carbocycles. The second kappa shape index (κ2) is 10.0. The predicted octanol–water partition coefficient (Wildman–Crippen LogP) is 7.46. The lowest BCUT2D eigenvalue weighted by molar-refractivity contribution is 0.511. The first-order valence-corrected chi connectivity index (χ1v) is 9.72. The van der Waals surface area contributed by atoms with Gasteiger partial charge in [0.2, 0.25) is 0 Å². The lowest BCUT2D eigenvalue weighted by atomic mass is 9.87. The standard InChI is InChI=1S/C25H30FN/c1-5-10-21(23-16-15-20(6-2)17-24(23)26)13-9-12-19(4)25(27)22-14-8-7-11-18(22)3/h6-8,11,14-17,21,27H,2,4-5,9-10,12-13H2,1,3H3. The molecule has 0 aliphatic heterocycles. The fourth-order valence-electron chi connectivity index (χ4n) is 3.54. The van der Waals surface area contributed by atoms with Crippen molar-refractivity contribution in [3.8, 4) is 0 Å². The Hall–Kier alpha value is -2.48. The molecule has 1 N–H and O–H groups in total. The quantitative estimate of drug-likeness (QED) is 0.424. The molecule has 1 atom stereocenters. The third kappa shape index (κ3) is 5.50. The average Bonchev–Trinajstić information content (AvgIpc) is 2.67. The second-order valence-electron chi connectivity index (χ2n) is 7.16. The van der Waals surface area contributed by atoms with Crippen LogP contribution in [0.5, 0.6) is 0 Å². The van der Waals surface area contributed by atoms with Gasteiger partial charge in [0, 0.05) is 5.56 Å². The lowest BCUT2D eigenvalue weighted by Crippen LogP contribution is -2.06. The number of benzene rings is 2. The molecule has 0 aromatic heterocycles. The molecule has 27 heavy (non-hydrogen) atoms. The Morgan fingerprint density at radius 3 is 2.56 bits per heavy atom. The highest BCUT2D eigenvalue weighted by Crippen LogP contribution is 2.30. The summed E-state index contributed by atoms with van der Waals surface area (Å²) in [5.41, 5.74) is 5.01. The first kappa shape index (κ1) is 20.8. The van der Waals surface area contributed by atoms with Crippen LogP contribution in [0.2, 0.25) is 0 Å². The Morgan fingerprint density at radius 2 is 1.93 bits per heavy atom. The van der Waals surface area contributed by atoms with Crippen LogP contribution in [-0.4, -0.2) is 5.71 Å². The van der Waals surface area contributed by atoms with Gasteiger partial charge in [0.05, 0.1) is 5.71 Å². The zero-order chi connectivity index (χ0) is 19.8. The SMILES string of the molecule is C=Cc1ccc(C(CCC)CCCC(=C)C(=N)c2ccccc2C)c(F)c1. The molecule has 0 bridgehead atoms. The monoisotopic (exact) mass is 363 g/mol. The normalized spacial score (nSPS) is 11.8. The van der Waals surface area contributed by atoms with Crippen LogP contribution in [0.4, 0.5) is 4.39 Å². The van der Waals surface area contributed by atoms with Gasteiger partial charge in [-0.25, -0.2) is 4.39 Å². The molecule has 2 aromatic carbocycles. The number of rotatable bonds is 10. The first-order valence-electron chi connectivity index (χ1n) is 9.72. The van der Waals surface area contributed by atoms with Gasteiger partial charge in [-0.3, -0.25) is 5.41 Å². The fraction of sp³-hybridized carbons (Fsp3) is 0.320. The molecule has 0 spiro atoms. The zero-order valence-electron chi connectivity index (χ0n) is 16.5. The van der Waals surface area contributed by atoms with Crippen LogP contribution in [-0.2, 0) is 0 Å². The summed E-state index contributed by atoms with van der Waals surface area (Å²) < 4.78 is 14.5. The highest BCUT2D eigenvalue weighted by molar-refractivity contribution is 6.11. The van der Waals surface area contributed by atoms with Crippen molar-refractivity contribution in [1.82, 2.24) is 0 Å². The summed E-state index contributed by atoms with van der Waals surface area (Å²) in [6.07, 6.45) is 6.22. The largest absolute Gasteiger partial charge is 0.300 e. The Labute approximate surface area is 163 Å². The zero-order valence-corrected chi connectivity index (χ0v) is 16.5. The van der Waals surface area contributed by atoms with Crippen molar-refractivity contribution >= 4 is 11.8 Å². The Bertz CT molecular complexity index is 819. The smallest absolute Gasteiger partial charge is 0.127 e. The van der Waals surface area contributed by atoms with E-state index in [1.807, 2.05) is 43.3 Å². The average molecular weight is 364 g/mol. The van der Waals surface area contributed by atoms with Crippen molar-refractivity contribution in [3.05, 3.63) is 89.3 Å². The third-order valence-corrected chi connectivity index (χ3v) is 5.14. The number of hydrogen-bond donors (Lipinski definition) is 1. The number of aryl methyl sites for hydroxylation is 1. The fourth-order valence-corrected chi connectivity index (χ4v) is 3.54. The molecule has 2 aromatic rings. The lowest BCUT2D eigenvalue weighted by Gasteiger charge is -2.18. The highest BCUT2D eigenvalue weighted by atomic mass is 19.1. The molecular weight excluding hydrogens is 333 g/mol. The van der Waals surface area contributed by atoms with Gasteiger partial charge >= 0.3 is 0 Å². The molecular formula is C25H30FN. The molecule has 0 fully saturated rings. The Kier molecular flexibility index (Phi) is 7.72. The summed E-state index contributed by atoms with van der Waals surface area (Å²) in [6.45, 7) is 12.0. The minimum Gasteiger partial charge on any atom is -0.300 e. The van der Waals surface area contributed by atoms with E-state index in [4.69, 9.17) is 5.41 Å². The van der Waals surface area contributed by atoms with Crippen molar-refractivity contribution in [2.75, 3.05) is 0 Å². The second-order valence-corrected chi connectivity index (χ2v) is 7.16. The van der Waals surface area contributed by atoms with Crippen LogP contribution in [0, 0.1) is 18.2 Å². The summed E-state index contributed by atoms with van der Waals surface area (Å²) in [6, 6.07) is 13.3. The molecule has 1 unspecified atom stereocenters. The minimum absolute atomic E-state index is 0.141. The summed E-state index contributed by atoms with van der Waals surface area (Å²) in [5.74, 6) is 0.0617. The molecule has 142 valence electrons. The van der Waals surface area contributed by atoms with Crippen LogP contribution in [0.1, 0.15) is 67.2 Å². The Balaban J connectivity index is 2.00. The number of hydrogen-bond acceptors (Lipinski definition) is 1. The van der Waals surface area contributed by atoms with E-state index in [0.717, 1.165) is 59.9 Å². The maximum Gasteiger partial charge on any atom is 0.127 e. The van der Waals surface area contributed by atoms with Gasteiger partial charge < -0.3 is 0 Å². The minimum atomic E-state index is -0.141. The van der Waals surface area contributed by atoms with Gasteiger partial charge in [-0.15, -0.1) is 0 Å². The van der Waals surface area contributed by atoms with E-state index >= 15 is 0 Å². The van der Waals surface area contributed by atoms with Crippen molar-refractivity contribution < 1.29 is 4.39 Å². The van der Waals surface area contributed by atoms with E-state index in [-0.39, 0.29) is 11.7 Å². The maximum absolute atomic E-state index is 14.5. The third-order valence-electron chi connectivity index (χ3n) is 5.14. The van der Waals surface area contributed by atoms with E-state index in [9.17, 15) is 4.39 Å². The van der Waals surface area contributed by atoms with E-state index in [1.165, 1.54) is 0 Å². The van der Waals surface area contributed by atoms with E-state index in [0.29, 0.717) is 5.71 Å². The van der Waals surface area contributed by atoms with Crippen molar-refractivity contribution in [1.29, 1.82) is 5.41 Å². The molecule has 0 amide bonds. The van der Waals surface area contributed by atoms with Gasteiger partial charge in [-0.1, -0.05) is 69.0 Å². The number of allylic oxidation sites excluding steroid dienone is 1. The summed E-state index contributed by atoms with van der Waals surface area (Å²) >= 11 is 0. The van der Waals surface area contributed by atoms with Crippen molar-refractivity contribution in [2.45, 2.75) is 51.9 Å². The summed E-state index contributed by atoms with van der Waals surface area (Å²) in [5, 5.41) is 8.42.